The van der Waals surface area contributed by atoms with Crippen molar-refractivity contribution in [3.8, 4) is 5.69 Å². The van der Waals surface area contributed by atoms with Gasteiger partial charge in [-0.1, -0.05) is 134 Å². The summed E-state index contributed by atoms with van der Waals surface area (Å²) in [6.07, 6.45) is 3.03. The molecule has 0 aliphatic carbocycles. The lowest BCUT2D eigenvalue weighted by Crippen LogP contribution is -2.23. The molecule has 1 aliphatic rings. The molecular formula is C59H38N4O2. The summed E-state index contributed by atoms with van der Waals surface area (Å²) >= 11 is 0. The minimum absolute atomic E-state index is 0.00573. The maximum Gasteiger partial charge on any atom is 0.161 e. The van der Waals surface area contributed by atoms with Gasteiger partial charge in [0, 0.05) is 54.7 Å². The Kier molecular flexibility index (Phi) is 7.63. The van der Waals surface area contributed by atoms with Crippen molar-refractivity contribution in [2.24, 2.45) is 15.9 Å². The molecule has 6 heteroatoms. The van der Waals surface area contributed by atoms with Gasteiger partial charge < -0.3 is 13.4 Å². The van der Waals surface area contributed by atoms with Gasteiger partial charge in [-0.3, -0.25) is 4.57 Å². The second-order valence-corrected chi connectivity index (χ2v) is 17.3. The normalized spacial score (nSPS) is 15.7. The molecule has 0 N–H and O–H groups in total. The van der Waals surface area contributed by atoms with Crippen LogP contribution in [0.25, 0.3) is 110 Å². The van der Waals surface area contributed by atoms with E-state index in [0.29, 0.717) is 12.3 Å². The van der Waals surface area contributed by atoms with Gasteiger partial charge in [0.2, 0.25) is 0 Å². The fraction of sp³-hybridized carbons (Fsp3) is 0.0508. The summed E-state index contributed by atoms with van der Waals surface area (Å²) in [6.45, 7) is 2.29. The van der Waals surface area contributed by atoms with Crippen LogP contribution in [0.4, 0.5) is 0 Å². The largest absolute Gasteiger partial charge is 0.456 e. The van der Waals surface area contributed by atoms with E-state index in [1.165, 1.54) is 32.3 Å². The highest BCUT2D eigenvalue weighted by Crippen LogP contribution is 2.44. The number of rotatable bonds is 3. The lowest BCUT2D eigenvalue weighted by Gasteiger charge is -2.22. The third kappa shape index (κ3) is 5.34. The lowest BCUT2D eigenvalue weighted by molar-refractivity contribution is 0.668. The van der Waals surface area contributed by atoms with E-state index in [9.17, 15) is 0 Å². The van der Waals surface area contributed by atoms with Crippen molar-refractivity contribution in [1.29, 1.82) is 0 Å². The van der Waals surface area contributed by atoms with Gasteiger partial charge in [0.05, 0.1) is 38.8 Å². The lowest BCUT2D eigenvalue weighted by atomic mass is 9.98. The Morgan fingerprint density at radius 2 is 1.02 bits per heavy atom. The van der Waals surface area contributed by atoms with Crippen LogP contribution >= 0.6 is 0 Å². The molecule has 1 aliphatic heterocycles. The molecule has 1 unspecified atom stereocenters. The number of hydrogen-bond donors (Lipinski definition) is 0. The van der Waals surface area contributed by atoms with E-state index >= 15 is 0 Å². The molecule has 0 fully saturated rings. The highest BCUT2D eigenvalue weighted by atomic mass is 16.3. The van der Waals surface area contributed by atoms with Crippen LogP contribution in [0, 0.1) is 5.92 Å². The Morgan fingerprint density at radius 1 is 0.446 bits per heavy atom. The quantitative estimate of drug-likeness (QED) is 0.178. The average molecular weight is 835 g/mol. The van der Waals surface area contributed by atoms with Gasteiger partial charge in [-0.15, -0.1) is 0 Å². The van der Waals surface area contributed by atoms with Crippen LogP contribution in [0.5, 0.6) is 0 Å². The zero-order valence-corrected chi connectivity index (χ0v) is 35.4. The highest BCUT2D eigenvalue weighted by Gasteiger charge is 2.27. The number of amidine groups is 1. The van der Waals surface area contributed by atoms with Crippen LogP contribution in [0.15, 0.2) is 213 Å². The van der Waals surface area contributed by atoms with Crippen LogP contribution < -0.4 is 0 Å². The number of allylic oxidation sites excluding steroid dienone is 1. The van der Waals surface area contributed by atoms with Gasteiger partial charge >= 0.3 is 0 Å². The molecule has 0 saturated carbocycles. The molecule has 0 saturated heterocycles. The van der Waals surface area contributed by atoms with Crippen molar-refractivity contribution in [3.05, 3.63) is 205 Å². The van der Waals surface area contributed by atoms with Crippen molar-refractivity contribution in [2.45, 2.75) is 13.3 Å². The Balaban J connectivity index is 1.08. The SMILES string of the molecule is CC1C/C=C(\c2ccc3oc4ccccc4c3c2-n2c3ccccc3c3cc4ccccc4cc32)N=C(c2ccc3c(c2)oc2ccccc23)N=C1n1c2ccccc2c2ccccc21. The van der Waals surface area contributed by atoms with Crippen molar-refractivity contribution >= 4 is 116 Å². The number of para-hydroxylation sites is 5. The van der Waals surface area contributed by atoms with Crippen molar-refractivity contribution in [2.75, 3.05) is 0 Å². The first-order chi connectivity index (χ1) is 32.1. The first kappa shape index (κ1) is 36.0. The van der Waals surface area contributed by atoms with Crippen molar-refractivity contribution in [3.63, 3.8) is 0 Å². The van der Waals surface area contributed by atoms with Crippen molar-refractivity contribution in [1.82, 2.24) is 9.13 Å². The summed E-state index contributed by atoms with van der Waals surface area (Å²) in [7, 11) is 0. The van der Waals surface area contributed by atoms with E-state index < -0.39 is 0 Å². The van der Waals surface area contributed by atoms with Gasteiger partial charge in [0.25, 0.3) is 0 Å². The summed E-state index contributed by atoms with van der Waals surface area (Å²) in [6, 6.07) is 66.6. The second-order valence-electron chi connectivity index (χ2n) is 17.3. The van der Waals surface area contributed by atoms with Gasteiger partial charge in [-0.2, -0.15) is 0 Å². The van der Waals surface area contributed by atoms with Crippen molar-refractivity contribution < 1.29 is 8.83 Å². The van der Waals surface area contributed by atoms with Crippen LogP contribution in [-0.4, -0.2) is 20.8 Å². The summed E-state index contributed by atoms with van der Waals surface area (Å²) < 4.78 is 18.0. The Hall–Kier alpha value is -8.48. The third-order valence-electron chi connectivity index (χ3n) is 13.6. The Morgan fingerprint density at radius 3 is 1.75 bits per heavy atom. The van der Waals surface area contributed by atoms with Crippen LogP contribution in [0.3, 0.4) is 0 Å². The maximum atomic E-state index is 6.67. The first-order valence-corrected chi connectivity index (χ1v) is 22.3. The van der Waals surface area contributed by atoms with E-state index in [1.807, 2.05) is 18.2 Å². The smallest absolute Gasteiger partial charge is 0.161 e. The summed E-state index contributed by atoms with van der Waals surface area (Å²) in [5.41, 5.74) is 11.5. The number of fused-ring (bicyclic) bond motifs is 13. The zero-order valence-electron chi connectivity index (χ0n) is 35.4. The average Bonchev–Trinajstić information content (AvgIpc) is 4.10. The van der Waals surface area contributed by atoms with Gasteiger partial charge in [0.15, 0.2) is 5.84 Å². The zero-order chi connectivity index (χ0) is 42.8. The number of furan rings is 2. The van der Waals surface area contributed by atoms with Gasteiger partial charge in [-0.25, -0.2) is 9.98 Å². The fourth-order valence-electron chi connectivity index (χ4n) is 10.5. The summed E-state index contributed by atoms with van der Waals surface area (Å²) in [5, 5.41) is 11.4. The van der Waals surface area contributed by atoms with E-state index in [2.05, 4.69) is 192 Å². The molecular weight excluding hydrogens is 797 g/mol. The molecule has 65 heavy (non-hydrogen) atoms. The van der Waals surface area contributed by atoms with E-state index in [-0.39, 0.29) is 5.92 Å². The maximum absolute atomic E-state index is 6.67. The number of aliphatic imine (C=N–C) groups is 2. The number of aromatic nitrogens is 2. The minimum Gasteiger partial charge on any atom is -0.456 e. The minimum atomic E-state index is 0.00573. The Bertz CT molecular complexity index is 4190. The topological polar surface area (TPSA) is 60.9 Å². The molecule has 5 heterocycles. The predicted octanol–water partition coefficient (Wildman–Crippen LogP) is 15.6. The molecule has 0 bridgehead atoms. The molecule has 4 aromatic heterocycles. The molecule has 13 aromatic rings. The van der Waals surface area contributed by atoms with Gasteiger partial charge in [0.1, 0.15) is 28.2 Å². The predicted molar refractivity (Wildman–Crippen MR) is 270 cm³/mol. The standard InChI is InChI=1S/C59H38N4O2/c1-35-26-30-47(44-29-31-54-56(45-20-8-13-25-53(45)64-54)57(44)62-48-21-9-6-18-41(48)46-32-36-14-2-3-15-37(36)33-51(46)62)60-58(38-27-28-43-42-19-7-12-24-52(42)65-55(43)34-38)61-59(35)63-49-22-10-4-16-39(49)40-17-5-11-23-50(40)63/h2-25,27-35H,26H2,1H3/b47-30+,60-58?,61-59?. The molecule has 0 amide bonds. The highest BCUT2D eigenvalue weighted by molar-refractivity contribution is 6.21. The molecule has 306 valence electrons. The van der Waals surface area contributed by atoms with E-state index in [1.54, 1.807) is 0 Å². The molecule has 6 nitrogen and oxygen atoms in total. The molecule has 9 aromatic carbocycles. The monoisotopic (exact) mass is 834 g/mol. The number of benzene rings is 9. The third-order valence-corrected chi connectivity index (χ3v) is 13.6. The molecule has 0 spiro atoms. The fourth-order valence-corrected chi connectivity index (χ4v) is 10.5. The van der Waals surface area contributed by atoms with Gasteiger partial charge in [-0.05, 0) is 83.9 Å². The molecule has 14 rings (SSSR count). The number of nitrogens with zero attached hydrogens (tertiary/aromatic N) is 4. The van der Waals surface area contributed by atoms with Crippen LogP contribution in [0.2, 0.25) is 0 Å². The summed E-state index contributed by atoms with van der Waals surface area (Å²) in [4.78, 5) is 11.5. The second kappa shape index (κ2) is 13.8. The summed E-state index contributed by atoms with van der Waals surface area (Å²) in [5.74, 6) is 1.55. The molecule has 1 atom stereocenters. The van der Waals surface area contributed by atoms with Crippen LogP contribution in [0.1, 0.15) is 24.5 Å². The number of hydrogen-bond acceptors (Lipinski definition) is 4. The van der Waals surface area contributed by atoms with Crippen LogP contribution in [-0.2, 0) is 0 Å². The Labute approximate surface area is 372 Å². The van der Waals surface area contributed by atoms with E-state index in [4.69, 9.17) is 18.8 Å². The molecule has 0 radical (unpaired) electrons. The van der Waals surface area contributed by atoms with E-state index in [0.717, 1.165) is 94.3 Å². The first-order valence-electron chi connectivity index (χ1n) is 22.3.